The minimum absolute atomic E-state index is 0.0802. The molecule has 1 unspecified atom stereocenters. The van der Waals surface area contributed by atoms with Crippen LogP contribution in [0.25, 0.3) is 5.57 Å². The molecule has 2 aromatic rings. The van der Waals surface area contributed by atoms with Crippen LogP contribution in [0.3, 0.4) is 0 Å². The predicted octanol–water partition coefficient (Wildman–Crippen LogP) is 4.38. The Hall–Kier alpha value is -3.37. The first kappa shape index (κ1) is 22.8. The number of nitrogens with zero attached hydrogens (tertiary/aromatic N) is 3. The zero-order chi connectivity index (χ0) is 23.4. The SMILES string of the molecule is CC1CCc2c(ccc(C(C=NC3CCNCC3)=CN)c2Oc2ccc(C#N)cc2F)N1C. The van der Waals surface area contributed by atoms with Gasteiger partial charge in [0.15, 0.2) is 11.6 Å². The number of halogens is 1. The zero-order valence-corrected chi connectivity index (χ0v) is 19.1. The largest absolute Gasteiger partial charge is 0.453 e. The fourth-order valence-corrected chi connectivity index (χ4v) is 4.42. The van der Waals surface area contributed by atoms with Crippen LogP contribution in [-0.4, -0.2) is 38.4 Å². The minimum atomic E-state index is -0.572. The molecule has 2 aliphatic rings. The summed E-state index contributed by atoms with van der Waals surface area (Å²) in [5, 5.41) is 12.4. The molecule has 0 radical (unpaired) electrons. The third-order valence-corrected chi connectivity index (χ3v) is 6.59. The number of aliphatic imine (C=N–C) groups is 1. The lowest BCUT2D eigenvalue weighted by atomic mass is 9.92. The van der Waals surface area contributed by atoms with Crippen LogP contribution in [0.4, 0.5) is 10.1 Å². The number of nitrogens with one attached hydrogen (secondary N) is 1. The van der Waals surface area contributed by atoms with E-state index in [2.05, 4.69) is 30.3 Å². The second-order valence-corrected chi connectivity index (χ2v) is 8.68. The molecular weight excluding hydrogens is 417 g/mol. The van der Waals surface area contributed by atoms with E-state index in [-0.39, 0.29) is 17.4 Å². The first-order chi connectivity index (χ1) is 16.0. The van der Waals surface area contributed by atoms with Crippen molar-refractivity contribution in [2.24, 2.45) is 10.7 Å². The van der Waals surface area contributed by atoms with E-state index < -0.39 is 5.82 Å². The number of nitrogens with two attached hydrogens (primary N) is 1. The fourth-order valence-electron chi connectivity index (χ4n) is 4.42. The number of anilines is 1. The van der Waals surface area contributed by atoms with E-state index in [9.17, 15) is 4.39 Å². The molecule has 3 N–H and O–H groups in total. The second kappa shape index (κ2) is 10.1. The van der Waals surface area contributed by atoms with Gasteiger partial charge in [-0.15, -0.1) is 0 Å². The standard InChI is InChI=1S/C26H30FN5O/c1-17-3-5-22-24(32(17)2)7-6-21(19(15-29)16-31-20-9-11-30-12-10-20)26(22)33-25-8-4-18(14-28)13-23(25)27/h4,6-8,13,15-17,20,30H,3,5,9-12,29H2,1-2H3. The number of nitriles is 1. The summed E-state index contributed by atoms with van der Waals surface area (Å²) in [6.07, 6.45) is 7.09. The third-order valence-electron chi connectivity index (χ3n) is 6.59. The summed E-state index contributed by atoms with van der Waals surface area (Å²) in [5.41, 5.74) is 9.88. The molecule has 2 heterocycles. The molecule has 0 amide bonds. The molecular formula is C26H30FN5O. The molecule has 1 atom stereocenters. The maximum absolute atomic E-state index is 14.7. The van der Waals surface area contributed by atoms with E-state index in [0.29, 0.717) is 11.8 Å². The third kappa shape index (κ3) is 4.86. The lowest BCUT2D eigenvalue weighted by Gasteiger charge is -2.35. The van der Waals surface area contributed by atoms with E-state index in [0.717, 1.165) is 61.2 Å². The van der Waals surface area contributed by atoms with Crippen molar-refractivity contribution < 1.29 is 9.13 Å². The number of hydrogen-bond donors (Lipinski definition) is 2. The van der Waals surface area contributed by atoms with Gasteiger partial charge in [-0.2, -0.15) is 5.26 Å². The van der Waals surface area contributed by atoms with E-state index in [1.807, 2.05) is 18.4 Å². The molecule has 7 heteroatoms. The quantitative estimate of drug-likeness (QED) is 0.664. The van der Waals surface area contributed by atoms with Gasteiger partial charge in [-0.25, -0.2) is 4.39 Å². The monoisotopic (exact) mass is 447 g/mol. The zero-order valence-electron chi connectivity index (χ0n) is 19.1. The van der Waals surface area contributed by atoms with Gasteiger partial charge in [0.25, 0.3) is 0 Å². The Labute approximate surface area is 194 Å². The molecule has 0 aromatic heterocycles. The van der Waals surface area contributed by atoms with Crippen molar-refractivity contribution in [1.29, 1.82) is 5.26 Å². The van der Waals surface area contributed by atoms with Gasteiger partial charge in [0, 0.05) is 47.9 Å². The number of allylic oxidation sites excluding steroid dienone is 1. The van der Waals surface area contributed by atoms with E-state index in [1.165, 1.54) is 18.3 Å². The molecule has 1 fully saturated rings. The van der Waals surface area contributed by atoms with E-state index >= 15 is 0 Å². The van der Waals surface area contributed by atoms with Crippen molar-refractivity contribution in [1.82, 2.24) is 5.32 Å². The minimum Gasteiger partial charge on any atom is -0.453 e. The normalized spacial score (nSPS) is 19.4. The maximum Gasteiger partial charge on any atom is 0.167 e. The number of rotatable bonds is 5. The molecule has 0 spiro atoms. The molecule has 2 aliphatic heterocycles. The Morgan fingerprint density at radius 2 is 2.06 bits per heavy atom. The first-order valence-electron chi connectivity index (χ1n) is 11.4. The molecule has 172 valence electrons. The predicted molar refractivity (Wildman–Crippen MR) is 130 cm³/mol. The molecule has 0 saturated carbocycles. The highest BCUT2D eigenvalue weighted by atomic mass is 19.1. The number of ether oxygens (including phenoxy) is 1. The molecule has 6 nitrogen and oxygen atoms in total. The molecule has 2 aromatic carbocycles. The average Bonchev–Trinajstić information content (AvgIpc) is 2.84. The number of benzene rings is 2. The number of piperidine rings is 1. The van der Waals surface area contributed by atoms with E-state index in [1.54, 1.807) is 6.07 Å². The summed E-state index contributed by atoms with van der Waals surface area (Å²) >= 11 is 0. The van der Waals surface area contributed by atoms with Crippen LogP contribution in [0.2, 0.25) is 0 Å². The number of fused-ring (bicyclic) bond motifs is 1. The van der Waals surface area contributed by atoms with Crippen molar-refractivity contribution in [3.05, 3.63) is 59.0 Å². The van der Waals surface area contributed by atoms with Crippen LogP contribution in [0.1, 0.15) is 42.9 Å². The van der Waals surface area contributed by atoms with Crippen LogP contribution in [0.5, 0.6) is 11.5 Å². The van der Waals surface area contributed by atoms with Crippen molar-refractivity contribution in [2.75, 3.05) is 25.0 Å². The van der Waals surface area contributed by atoms with Crippen LogP contribution in [0.15, 0.2) is 41.5 Å². The van der Waals surface area contributed by atoms with Gasteiger partial charge in [0.1, 0.15) is 5.75 Å². The first-order valence-corrected chi connectivity index (χ1v) is 11.4. The van der Waals surface area contributed by atoms with Crippen molar-refractivity contribution in [3.8, 4) is 17.6 Å². The van der Waals surface area contributed by atoms with Gasteiger partial charge in [0.05, 0.1) is 17.7 Å². The second-order valence-electron chi connectivity index (χ2n) is 8.68. The van der Waals surface area contributed by atoms with Gasteiger partial charge in [-0.05, 0) is 76.0 Å². The summed E-state index contributed by atoms with van der Waals surface area (Å²) in [4.78, 5) is 6.99. The van der Waals surface area contributed by atoms with Crippen molar-refractivity contribution >= 4 is 17.5 Å². The highest BCUT2D eigenvalue weighted by Crippen LogP contribution is 2.42. The molecule has 1 saturated heterocycles. The Kier molecular flexibility index (Phi) is 6.95. The Balaban J connectivity index is 1.76. The summed E-state index contributed by atoms with van der Waals surface area (Å²) < 4.78 is 21.0. The maximum atomic E-state index is 14.7. The van der Waals surface area contributed by atoms with Crippen LogP contribution >= 0.6 is 0 Å². The summed E-state index contributed by atoms with van der Waals surface area (Å²) in [6.45, 7) is 4.10. The van der Waals surface area contributed by atoms with Crippen molar-refractivity contribution in [2.45, 2.75) is 44.7 Å². The Morgan fingerprint density at radius 3 is 2.76 bits per heavy atom. The average molecular weight is 448 g/mol. The summed E-state index contributed by atoms with van der Waals surface area (Å²) in [6, 6.07) is 10.9. The van der Waals surface area contributed by atoms with Gasteiger partial charge in [-0.3, -0.25) is 4.99 Å². The van der Waals surface area contributed by atoms with Gasteiger partial charge in [-0.1, -0.05) is 0 Å². The van der Waals surface area contributed by atoms with E-state index in [4.69, 9.17) is 20.7 Å². The van der Waals surface area contributed by atoms with Crippen LogP contribution in [-0.2, 0) is 6.42 Å². The van der Waals surface area contributed by atoms with Crippen molar-refractivity contribution in [3.63, 3.8) is 0 Å². The Bertz CT molecular complexity index is 1110. The lowest BCUT2D eigenvalue weighted by molar-refractivity contribution is 0.432. The molecule has 0 bridgehead atoms. The van der Waals surface area contributed by atoms with Crippen LogP contribution in [0, 0.1) is 17.1 Å². The smallest absolute Gasteiger partial charge is 0.167 e. The molecule has 0 aliphatic carbocycles. The molecule has 4 rings (SSSR count). The summed E-state index contributed by atoms with van der Waals surface area (Å²) in [5.74, 6) is 0.0942. The van der Waals surface area contributed by atoms with Gasteiger partial charge < -0.3 is 20.7 Å². The van der Waals surface area contributed by atoms with Gasteiger partial charge in [0.2, 0.25) is 0 Å². The van der Waals surface area contributed by atoms with Gasteiger partial charge >= 0.3 is 0 Å². The topological polar surface area (TPSA) is 86.7 Å². The van der Waals surface area contributed by atoms with Crippen LogP contribution < -0.4 is 20.7 Å². The number of hydrogen-bond acceptors (Lipinski definition) is 6. The summed E-state index contributed by atoms with van der Waals surface area (Å²) in [7, 11) is 2.06. The highest BCUT2D eigenvalue weighted by molar-refractivity contribution is 6.11. The molecule has 33 heavy (non-hydrogen) atoms. The lowest BCUT2D eigenvalue weighted by Crippen LogP contribution is -2.33. The fraction of sp³-hybridized carbons (Fsp3) is 0.385. The Morgan fingerprint density at radius 1 is 1.27 bits per heavy atom. The highest BCUT2D eigenvalue weighted by Gasteiger charge is 2.26.